The first kappa shape index (κ1) is 3.87. The molecule has 0 aromatic rings. The number of hydrogen-bond donors (Lipinski definition) is 2. The minimum absolute atomic E-state index is 0.931. The molecule has 0 atom stereocenters. The number of nitrogens with one attached hydrogen (secondary N) is 1. The quantitative estimate of drug-likeness (QED) is 0.424. The summed E-state index contributed by atoms with van der Waals surface area (Å²) in [6.45, 7) is 0. The molecule has 34 valence electrons. The van der Waals surface area contributed by atoms with E-state index in [9.17, 15) is 0 Å². The van der Waals surface area contributed by atoms with Crippen LogP contribution >= 0.6 is 11.9 Å². The lowest BCUT2D eigenvalue weighted by Crippen LogP contribution is -1.93. The summed E-state index contributed by atoms with van der Waals surface area (Å²) in [6, 6.07) is 0. The fourth-order valence-corrected chi connectivity index (χ4v) is 0.852. The summed E-state index contributed by atoms with van der Waals surface area (Å²) >= 11 is 1.61. The Morgan fingerprint density at radius 2 is 2.83 bits per heavy atom. The maximum absolute atomic E-state index is 5.31. The molecular formula is C3H6N2S. The van der Waals surface area contributed by atoms with Crippen molar-refractivity contribution in [2.45, 2.75) is 0 Å². The Morgan fingerprint density at radius 3 is 3.00 bits per heavy atom. The first-order valence-electron chi connectivity index (χ1n) is 1.71. The Labute approximate surface area is 40.9 Å². The van der Waals surface area contributed by atoms with Gasteiger partial charge in [0, 0.05) is 11.9 Å². The highest BCUT2D eigenvalue weighted by Crippen LogP contribution is 2.04. The number of nitrogens with two attached hydrogens (primary N) is 1. The van der Waals surface area contributed by atoms with Crippen molar-refractivity contribution in [3.63, 3.8) is 0 Å². The van der Waals surface area contributed by atoms with Gasteiger partial charge in [0.2, 0.25) is 0 Å². The minimum atomic E-state index is 0.931. The molecule has 3 N–H and O–H groups in total. The molecule has 0 spiro atoms. The molecule has 0 aliphatic carbocycles. The molecule has 1 heterocycles. The first-order chi connectivity index (χ1) is 2.89. The van der Waals surface area contributed by atoms with Crippen LogP contribution in [0.2, 0.25) is 0 Å². The standard InChI is InChI=1S/C3H6N2S/c4-3-1-5-6-2-3/h1,5H,2,4H2. The van der Waals surface area contributed by atoms with Gasteiger partial charge in [-0.2, -0.15) is 0 Å². The van der Waals surface area contributed by atoms with Crippen LogP contribution in [-0.4, -0.2) is 5.75 Å². The molecule has 0 saturated heterocycles. The molecule has 0 unspecified atom stereocenters. The van der Waals surface area contributed by atoms with Gasteiger partial charge >= 0.3 is 0 Å². The Balaban J connectivity index is 2.45. The topological polar surface area (TPSA) is 38.0 Å². The lowest BCUT2D eigenvalue weighted by Gasteiger charge is -1.79. The Kier molecular flexibility index (Phi) is 0.919. The summed E-state index contributed by atoms with van der Waals surface area (Å²) < 4.78 is 2.90. The Hall–Kier alpha value is -0.310. The van der Waals surface area contributed by atoms with Crippen LogP contribution in [0.5, 0.6) is 0 Å². The van der Waals surface area contributed by atoms with E-state index < -0.39 is 0 Å². The van der Waals surface area contributed by atoms with Gasteiger partial charge in [-0.15, -0.1) is 0 Å². The van der Waals surface area contributed by atoms with Gasteiger partial charge in [-0.3, -0.25) is 0 Å². The first-order valence-corrected chi connectivity index (χ1v) is 2.70. The highest BCUT2D eigenvalue weighted by molar-refractivity contribution is 7.97. The Morgan fingerprint density at radius 1 is 2.00 bits per heavy atom. The lowest BCUT2D eigenvalue weighted by molar-refractivity contribution is 1.30. The van der Waals surface area contributed by atoms with Crippen molar-refractivity contribution in [1.82, 2.24) is 4.72 Å². The van der Waals surface area contributed by atoms with Crippen molar-refractivity contribution in [3.05, 3.63) is 11.9 Å². The van der Waals surface area contributed by atoms with Crippen LogP contribution in [0.3, 0.4) is 0 Å². The fourth-order valence-electron chi connectivity index (χ4n) is 0.284. The Bertz CT molecular complexity index is 78.9. The molecule has 2 nitrogen and oxygen atoms in total. The predicted molar refractivity (Wildman–Crippen MR) is 27.9 cm³/mol. The molecule has 1 aliphatic heterocycles. The van der Waals surface area contributed by atoms with Crippen molar-refractivity contribution >= 4 is 11.9 Å². The van der Waals surface area contributed by atoms with Crippen molar-refractivity contribution < 1.29 is 0 Å². The SMILES string of the molecule is NC1=CNSC1. The third kappa shape index (κ3) is 0.597. The van der Waals surface area contributed by atoms with Crippen molar-refractivity contribution in [3.8, 4) is 0 Å². The molecule has 1 aliphatic rings. The van der Waals surface area contributed by atoms with E-state index in [4.69, 9.17) is 5.73 Å². The summed E-state index contributed by atoms with van der Waals surface area (Å²) in [7, 11) is 0. The maximum Gasteiger partial charge on any atom is 0.0544 e. The van der Waals surface area contributed by atoms with E-state index in [-0.39, 0.29) is 0 Å². The lowest BCUT2D eigenvalue weighted by atomic mass is 10.6. The molecule has 1 rings (SSSR count). The highest BCUT2D eigenvalue weighted by Gasteiger charge is 1.95. The summed E-state index contributed by atoms with van der Waals surface area (Å²) in [5.74, 6) is 0.931. The van der Waals surface area contributed by atoms with Gasteiger partial charge in [0.1, 0.15) is 0 Å². The van der Waals surface area contributed by atoms with Gasteiger partial charge in [0.25, 0.3) is 0 Å². The molecule has 0 aromatic heterocycles. The molecule has 0 aromatic carbocycles. The minimum Gasteiger partial charge on any atom is -0.400 e. The van der Waals surface area contributed by atoms with Crippen LogP contribution in [0, 0.1) is 0 Å². The third-order valence-corrected chi connectivity index (χ3v) is 1.33. The zero-order valence-electron chi connectivity index (χ0n) is 3.27. The van der Waals surface area contributed by atoms with E-state index in [2.05, 4.69) is 4.72 Å². The molecule has 0 radical (unpaired) electrons. The van der Waals surface area contributed by atoms with Gasteiger partial charge in [0.05, 0.1) is 5.75 Å². The van der Waals surface area contributed by atoms with E-state index in [1.165, 1.54) is 0 Å². The second kappa shape index (κ2) is 1.43. The van der Waals surface area contributed by atoms with Gasteiger partial charge in [-0.05, 0) is 11.9 Å². The molecule has 6 heavy (non-hydrogen) atoms. The van der Waals surface area contributed by atoms with Crippen molar-refractivity contribution in [2.24, 2.45) is 5.73 Å². The van der Waals surface area contributed by atoms with Crippen molar-refractivity contribution in [2.75, 3.05) is 5.75 Å². The van der Waals surface area contributed by atoms with Crippen LogP contribution in [0.4, 0.5) is 0 Å². The van der Waals surface area contributed by atoms with Crippen LogP contribution in [0.15, 0.2) is 11.9 Å². The third-order valence-electron chi connectivity index (χ3n) is 0.566. The summed E-state index contributed by atoms with van der Waals surface area (Å²) in [4.78, 5) is 0. The number of hydrogen-bond acceptors (Lipinski definition) is 3. The molecule has 3 heteroatoms. The number of rotatable bonds is 0. The van der Waals surface area contributed by atoms with Gasteiger partial charge in [-0.1, -0.05) is 0 Å². The van der Waals surface area contributed by atoms with E-state index in [1.807, 2.05) is 6.20 Å². The van der Waals surface area contributed by atoms with E-state index in [0.717, 1.165) is 11.4 Å². The average Bonchev–Trinajstić information content (AvgIpc) is 1.86. The molecule has 0 amide bonds. The smallest absolute Gasteiger partial charge is 0.0544 e. The van der Waals surface area contributed by atoms with Gasteiger partial charge in [-0.25, -0.2) is 0 Å². The highest BCUT2D eigenvalue weighted by atomic mass is 32.2. The summed E-state index contributed by atoms with van der Waals surface area (Å²) in [5.41, 5.74) is 6.24. The van der Waals surface area contributed by atoms with Gasteiger partial charge < -0.3 is 10.5 Å². The fraction of sp³-hybridized carbons (Fsp3) is 0.333. The van der Waals surface area contributed by atoms with Crippen LogP contribution in [0.1, 0.15) is 0 Å². The average molecular weight is 102 g/mol. The zero-order valence-corrected chi connectivity index (χ0v) is 4.09. The molecule has 0 saturated carbocycles. The normalized spacial score (nSPS) is 19.7. The summed E-state index contributed by atoms with van der Waals surface area (Å²) in [6.07, 6.45) is 1.81. The zero-order chi connectivity index (χ0) is 4.41. The van der Waals surface area contributed by atoms with Crippen LogP contribution < -0.4 is 10.5 Å². The van der Waals surface area contributed by atoms with E-state index in [1.54, 1.807) is 11.9 Å². The molecule has 0 bridgehead atoms. The molecular weight excluding hydrogens is 96.1 g/mol. The second-order valence-corrected chi connectivity index (χ2v) is 1.94. The second-order valence-electron chi connectivity index (χ2n) is 1.13. The molecule has 0 fully saturated rings. The predicted octanol–water partition coefficient (Wildman–Crippen LogP) is 0.0379. The van der Waals surface area contributed by atoms with E-state index in [0.29, 0.717) is 0 Å². The van der Waals surface area contributed by atoms with Gasteiger partial charge in [0.15, 0.2) is 0 Å². The maximum atomic E-state index is 5.31. The monoisotopic (exact) mass is 102 g/mol. The van der Waals surface area contributed by atoms with Crippen LogP contribution in [-0.2, 0) is 0 Å². The van der Waals surface area contributed by atoms with Crippen LogP contribution in [0.25, 0.3) is 0 Å². The van der Waals surface area contributed by atoms with Crippen molar-refractivity contribution in [1.29, 1.82) is 0 Å². The summed E-state index contributed by atoms with van der Waals surface area (Å²) in [5, 5.41) is 0. The largest absolute Gasteiger partial charge is 0.400 e. The van der Waals surface area contributed by atoms with E-state index >= 15 is 0 Å².